The predicted molar refractivity (Wildman–Crippen MR) is 104 cm³/mol. The number of carbonyl (C=O) groups excluding carboxylic acids is 1. The van der Waals surface area contributed by atoms with Crippen LogP contribution in [0.2, 0.25) is 0 Å². The Hall–Kier alpha value is -3.55. The first-order chi connectivity index (χ1) is 14.1. The SMILES string of the molecule is O=C(N1CC(=Cc2ccn3nccc3c2)C1)N1N=CC[C@H]1c1cc(F)cc(F)c1. The van der Waals surface area contributed by atoms with Crippen molar-refractivity contribution >= 4 is 23.8 Å². The van der Waals surface area contributed by atoms with Crippen molar-refractivity contribution in [1.82, 2.24) is 19.5 Å². The molecule has 0 saturated carbocycles. The Labute approximate surface area is 165 Å². The van der Waals surface area contributed by atoms with Crippen LogP contribution in [0.1, 0.15) is 23.6 Å². The fourth-order valence-corrected chi connectivity index (χ4v) is 3.72. The number of rotatable bonds is 2. The Morgan fingerprint density at radius 2 is 1.90 bits per heavy atom. The molecule has 5 rings (SSSR count). The largest absolute Gasteiger partial charge is 0.341 e. The van der Waals surface area contributed by atoms with Crippen LogP contribution in [0.4, 0.5) is 13.6 Å². The van der Waals surface area contributed by atoms with Crippen molar-refractivity contribution in [3.8, 4) is 0 Å². The molecule has 3 aromatic rings. The molecule has 0 spiro atoms. The topological polar surface area (TPSA) is 53.2 Å². The summed E-state index contributed by atoms with van der Waals surface area (Å²) in [6.45, 7) is 0.999. The first kappa shape index (κ1) is 17.5. The molecule has 0 N–H and O–H groups in total. The van der Waals surface area contributed by atoms with Crippen LogP contribution in [0.15, 0.2) is 59.5 Å². The first-order valence-corrected chi connectivity index (χ1v) is 9.26. The second-order valence-electron chi connectivity index (χ2n) is 7.20. The molecular weight excluding hydrogens is 376 g/mol. The monoisotopic (exact) mass is 393 g/mol. The molecule has 1 fully saturated rings. The Morgan fingerprint density at radius 3 is 2.69 bits per heavy atom. The summed E-state index contributed by atoms with van der Waals surface area (Å²) in [6, 6.07) is 8.48. The zero-order valence-corrected chi connectivity index (χ0v) is 15.4. The Bertz CT molecular complexity index is 1140. The molecule has 0 unspecified atom stereocenters. The van der Waals surface area contributed by atoms with Gasteiger partial charge in [0.05, 0.1) is 11.6 Å². The minimum absolute atomic E-state index is 0.267. The zero-order chi connectivity index (χ0) is 20.0. The molecule has 1 aromatic carbocycles. The van der Waals surface area contributed by atoms with E-state index in [4.69, 9.17) is 0 Å². The number of pyridine rings is 1. The van der Waals surface area contributed by atoms with Crippen molar-refractivity contribution in [3.63, 3.8) is 0 Å². The third-order valence-electron chi connectivity index (χ3n) is 5.15. The lowest BCUT2D eigenvalue weighted by molar-refractivity contribution is 0.136. The van der Waals surface area contributed by atoms with Gasteiger partial charge >= 0.3 is 6.03 Å². The smallest absolute Gasteiger partial charge is 0.315 e. The summed E-state index contributed by atoms with van der Waals surface area (Å²) < 4.78 is 28.9. The Balaban J connectivity index is 1.28. The van der Waals surface area contributed by atoms with E-state index in [1.54, 1.807) is 21.8 Å². The highest BCUT2D eigenvalue weighted by molar-refractivity contribution is 5.81. The maximum Gasteiger partial charge on any atom is 0.341 e. The highest BCUT2D eigenvalue weighted by Crippen LogP contribution is 2.32. The molecule has 2 aliphatic rings. The van der Waals surface area contributed by atoms with Crippen molar-refractivity contribution in [2.24, 2.45) is 5.10 Å². The number of likely N-dealkylation sites (tertiary alicyclic amines) is 1. The highest BCUT2D eigenvalue weighted by Gasteiger charge is 2.35. The lowest BCUT2D eigenvalue weighted by Gasteiger charge is -2.37. The van der Waals surface area contributed by atoms with Gasteiger partial charge in [-0.2, -0.15) is 10.2 Å². The molecule has 29 heavy (non-hydrogen) atoms. The number of nitrogens with zero attached hydrogens (tertiary/aromatic N) is 5. The van der Waals surface area contributed by atoms with E-state index in [0.717, 1.165) is 22.7 Å². The molecule has 1 saturated heterocycles. The summed E-state index contributed by atoms with van der Waals surface area (Å²) in [6.07, 6.45) is 7.72. The van der Waals surface area contributed by atoms with Gasteiger partial charge in [-0.1, -0.05) is 6.08 Å². The predicted octanol–water partition coefficient (Wildman–Crippen LogP) is 3.86. The summed E-state index contributed by atoms with van der Waals surface area (Å²) in [5.41, 5.74) is 3.58. The van der Waals surface area contributed by atoms with Gasteiger partial charge in [0.15, 0.2) is 0 Å². The Kier molecular flexibility index (Phi) is 4.12. The van der Waals surface area contributed by atoms with E-state index < -0.39 is 17.7 Å². The van der Waals surface area contributed by atoms with Crippen LogP contribution in [0.5, 0.6) is 0 Å². The van der Waals surface area contributed by atoms with Crippen LogP contribution in [0.25, 0.3) is 11.6 Å². The van der Waals surface area contributed by atoms with Crippen molar-refractivity contribution < 1.29 is 13.6 Å². The van der Waals surface area contributed by atoms with Gasteiger partial charge in [-0.05, 0) is 47.0 Å². The fraction of sp³-hybridized carbons (Fsp3) is 0.190. The molecule has 6 nitrogen and oxygen atoms in total. The quantitative estimate of drug-likeness (QED) is 0.664. The number of fused-ring (bicyclic) bond motifs is 1. The van der Waals surface area contributed by atoms with Gasteiger partial charge in [0.2, 0.25) is 0 Å². The van der Waals surface area contributed by atoms with E-state index in [9.17, 15) is 13.6 Å². The lowest BCUT2D eigenvalue weighted by atomic mass is 10.0. The number of carbonyl (C=O) groups is 1. The number of benzene rings is 1. The van der Waals surface area contributed by atoms with Crippen LogP contribution in [-0.2, 0) is 0 Å². The first-order valence-electron chi connectivity index (χ1n) is 9.26. The molecule has 4 heterocycles. The summed E-state index contributed by atoms with van der Waals surface area (Å²) in [5.74, 6) is -1.33. The summed E-state index contributed by atoms with van der Waals surface area (Å²) >= 11 is 0. The van der Waals surface area contributed by atoms with Crippen LogP contribution in [0, 0.1) is 11.6 Å². The van der Waals surface area contributed by atoms with E-state index in [0.29, 0.717) is 25.1 Å². The third kappa shape index (κ3) is 3.26. The van der Waals surface area contributed by atoms with Gasteiger partial charge in [0.1, 0.15) is 11.6 Å². The normalized spacial score (nSPS) is 18.4. The van der Waals surface area contributed by atoms with E-state index in [1.165, 1.54) is 17.1 Å². The molecule has 146 valence electrons. The van der Waals surface area contributed by atoms with Crippen LogP contribution >= 0.6 is 0 Å². The van der Waals surface area contributed by atoms with E-state index in [1.807, 2.05) is 24.4 Å². The van der Waals surface area contributed by atoms with Crippen LogP contribution in [-0.4, -0.2) is 44.9 Å². The van der Waals surface area contributed by atoms with Gasteiger partial charge in [-0.15, -0.1) is 0 Å². The number of hydrazone groups is 1. The lowest BCUT2D eigenvalue weighted by Crippen LogP contribution is -2.49. The number of aromatic nitrogens is 2. The molecule has 2 amide bonds. The average molecular weight is 393 g/mol. The van der Waals surface area contributed by atoms with Gasteiger partial charge in [-0.3, -0.25) is 0 Å². The minimum atomic E-state index is -0.663. The van der Waals surface area contributed by atoms with Gasteiger partial charge in [0.25, 0.3) is 0 Å². The Morgan fingerprint density at radius 1 is 1.10 bits per heavy atom. The van der Waals surface area contributed by atoms with Crippen LogP contribution in [0.3, 0.4) is 0 Å². The standard InChI is InChI=1S/C21H17F2N5O/c22-17-9-16(10-18(23)11-17)20-2-5-25-28(20)21(29)26-12-15(13-26)7-14-3-6-27-19(8-14)1-4-24-27/h1,3-11,20H,2,12-13H2/t20-/m0/s1. The van der Waals surface area contributed by atoms with Gasteiger partial charge in [-0.25, -0.2) is 23.1 Å². The number of urea groups is 1. The van der Waals surface area contributed by atoms with Crippen LogP contribution < -0.4 is 0 Å². The number of amides is 2. The third-order valence-corrected chi connectivity index (χ3v) is 5.15. The number of hydrogen-bond acceptors (Lipinski definition) is 3. The molecule has 0 radical (unpaired) electrons. The van der Waals surface area contributed by atoms with Crippen molar-refractivity contribution in [1.29, 1.82) is 0 Å². The minimum Gasteiger partial charge on any atom is -0.315 e. The molecular formula is C21H17F2N5O. The molecule has 8 heteroatoms. The van der Waals surface area contributed by atoms with Crippen molar-refractivity contribution in [2.45, 2.75) is 12.5 Å². The van der Waals surface area contributed by atoms with Crippen molar-refractivity contribution in [3.05, 3.63) is 77.1 Å². The van der Waals surface area contributed by atoms with Gasteiger partial charge < -0.3 is 4.90 Å². The van der Waals surface area contributed by atoms with E-state index >= 15 is 0 Å². The second kappa shape index (κ2) is 6.80. The summed E-state index contributed by atoms with van der Waals surface area (Å²) in [7, 11) is 0. The van der Waals surface area contributed by atoms with Gasteiger partial charge in [0, 0.05) is 44.2 Å². The second-order valence-corrected chi connectivity index (χ2v) is 7.20. The zero-order valence-electron chi connectivity index (χ0n) is 15.4. The summed E-state index contributed by atoms with van der Waals surface area (Å²) in [5, 5.41) is 9.62. The molecule has 2 aliphatic heterocycles. The maximum absolute atomic E-state index is 13.6. The molecule has 0 aliphatic carbocycles. The fourth-order valence-electron chi connectivity index (χ4n) is 3.72. The molecule has 1 atom stereocenters. The van der Waals surface area contributed by atoms with E-state index in [-0.39, 0.29) is 6.03 Å². The number of hydrogen-bond donors (Lipinski definition) is 0. The average Bonchev–Trinajstić information content (AvgIpc) is 3.31. The molecule has 0 bridgehead atoms. The highest BCUT2D eigenvalue weighted by atomic mass is 19.1. The number of halogens is 2. The van der Waals surface area contributed by atoms with Crippen molar-refractivity contribution in [2.75, 3.05) is 13.1 Å². The molecule has 2 aromatic heterocycles. The maximum atomic E-state index is 13.6. The summed E-state index contributed by atoms with van der Waals surface area (Å²) in [4.78, 5) is 14.5. The van der Waals surface area contributed by atoms with E-state index in [2.05, 4.69) is 16.3 Å².